The van der Waals surface area contributed by atoms with Crippen molar-refractivity contribution in [2.45, 2.75) is 33.6 Å². The molecule has 0 radical (unpaired) electrons. The zero-order valence-electron chi connectivity index (χ0n) is 27.9. The van der Waals surface area contributed by atoms with Crippen molar-refractivity contribution in [3.8, 4) is 0 Å². The number of rotatable bonds is 9. The summed E-state index contributed by atoms with van der Waals surface area (Å²) < 4.78 is 0. The van der Waals surface area contributed by atoms with Crippen LogP contribution in [0.2, 0.25) is 0 Å². The van der Waals surface area contributed by atoms with Gasteiger partial charge < -0.3 is 14.7 Å². The van der Waals surface area contributed by atoms with Crippen LogP contribution >= 0.6 is 0 Å². The maximum Gasteiger partial charge on any atom is 0.0503 e. The fourth-order valence-corrected chi connectivity index (χ4v) is 6.38. The molecule has 0 saturated heterocycles. The van der Waals surface area contributed by atoms with E-state index in [9.17, 15) is 0 Å². The van der Waals surface area contributed by atoms with Crippen molar-refractivity contribution < 1.29 is 0 Å². The molecule has 6 aromatic carbocycles. The summed E-state index contributed by atoms with van der Waals surface area (Å²) in [4.78, 5) is 7.17. The van der Waals surface area contributed by atoms with Crippen LogP contribution in [-0.4, -0.2) is 0 Å². The molecule has 0 amide bonds. The Labute approximate surface area is 285 Å². The molecule has 3 heteroatoms. The molecule has 0 bridgehead atoms. The van der Waals surface area contributed by atoms with Crippen LogP contribution < -0.4 is 14.7 Å². The molecule has 0 heterocycles. The highest BCUT2D eigenvalue weighted by molar-refractivity contribution is 5.87. The number of nitrogens with zero attached hydrogens (tertiary/aromatic N) is 3. The first-order valence-corrected chi connectivity index (χ1v) is 16.7. The molecule has 1 aliphatic carbocycles. The Morgan fingerprint density at radius 3 is 1.06 bits per heavy atom. The third-order valence-electron chi connectivity index (χ3n) is 8.91. The molecule has 0 N–H and O–H groups in total. The summed E-state index contributed by atoms with van der Waals surface area (Å²) in [5.74, 6) is 0. The minimum Gasteiger partial charge on any atom is -0.314 e. The summed E-state index contributed by atoms with van der Waals surface area (Å²) in [7, 11) is 0. The summed E-state index contributed by atoms with van der Waals surface area (Å²) >= 11 is 0. The van der Waals surface area contributed by atoms with Gasteiger partial charge in [-0.25, -0.2) is 0 Å². The van der Waals surface area contributed by atoms with Gasteiger partial charge in [0, 0.05) is 39.8 Å². The number of hydrogen-bond acceptors (Lipinski definition) is 3. The molecule has 0 spiro atoms. The predicted octanol–water partition coefficient (Wildman–Crippen LogP) is 13.0. The van der Waals surface area contributed by atoms with E-state index in [4.69, 9.17) is 0 Å². The highest BCUT2D eigenvalue weighted by Crippen LogP contribution is 2.45. The average Bonchev–Trinajstić information content (AvgIpc) is 3.13. The number of aryl methyl sites for hydroxylation is 2. The molecule has 1 aliphatic rings. The van der Waals surface area contributed by atoms with Crippen LogP contribution in [0.1, 0.15) is 30.9 Å². The largest absolute Gasteiger partial charge is 0.314 e. The Morgan fingerprint density at radius 1 is 0.333 bits per heavy atom. The smallest absolute Gasteiger partial charge is 0.0503 e. The molecule has 48 heavy (non-hydrogen) atoms. The van der Waals surface area contributed by atoms with E-state index in [0.29, 0.717) is 0 Å². The zero-order chi connectivity index (χ0) is 32.9. The van der Waals surface area contributed by atoms with Crippen LogP contribution in [0.4, 0.5) is 45.5 Å². The van der Waals surface area contributed by atoms with Crippen LogP contribution in [-0.2, 0) is 0 Å². The molecule has 3 nitrogen and oxygen atoms in total. The molecule has 7 rings (SSSR count). The Hall–Kier alpha value is -5.80. The number of allylic oxidation sites excluding steroid dienone is 4. The highest BCUT2D eigenvalue weighted by atomic mass is 15.2. The van der Waals surface area contributed by atoms with Crippen molar-refractivity contribution in [1.82, 2.24) is 0 Å². The van der Waals surface area contributed by atoms with Crippen LogP contribution in [0.3, 0.4) is 0 Å². The van der Waals surface area contributed by atoms with Gasteiger partial charge in [-0.05, 0) is 119 Å². The van der Waals surface area contributed by atoms with E-state index in [0.717, 1.165) is 58.3 Å². The molecule has 0 aliphatic heterocycles. The van der Waals surface area contributed by atoms with Gasteiger partial charge in [0.25, 0.3) is 0 Å². The van der Waals surface area contributed by atoms with Crippen molar-refractivity contribution in [3.05, 3.63) is 192 Å². The van der Waals surface area contributed by atoms with Crippen molar-refractivity contribution in [2.24, 2.45) is 0 Å². The van der Waals surface area contributed by atoms with E-state index in [1.54, 1.807) is 0 Å². The van der Waals surface area contributed by atoms with Gasteiger partial charge in [0.2, 0.25) is 0 Å². The summed E-state index contributed by atoms with van der Waals surface area (Å²) in [6.07, 6.45) is 6.58. The van der Waals surface area contributed by atoms with Gasteiger partial charge in [0.1, 0.15) is 0 Å². The van der Waals surface area contributed by atoms with Gasteiger partial charge in [-0.2, -0.15) is 0 Å². The summed E-state index contributed by atoms with van der Waals surface area (Å²) in [5.41, 5.74) is 14.0. The Bertz CT molecular complexity index is 1990. The van der Waals surface area contributed by atoms with Crippen molar-refractivity contribution in [2.75, 3.05) is 14.7 Å². The minimum absolute atomic E-state index is 0.969. The van der Waals surface area contributed by atoms with Gasteiger partial charge in [0.05, 0.1) is 11.4 Å². The van der Waals surface area contributed by atoms with E-state index >= 15 is 0 Å². The van der Waals surface area contributed by atoms with Gasteiger partial charge >= 0.3 is 0 Å². The lowest BCUT2D eigenvalue weighted by molar-refractivity contribution is 0.874. The number of benzene rings is 6. The quantitative estimate of drug-likeness (QED) is 0.159. The monoisotopic (exact) mass is 623 g/mol. The standard InChI is InChI=1S/C45H41N3/c1-34-19-25-40(26-20-34)47(39-17-11-6-12-18-39)44-31-43(46(37-13-7-4-8-14-37)38-15-9-5-10-16-38)32-45(33-44)48(41-27-21-35(2)22-28-41)42-29-23-36(3)24-30-42/h4-23,25-29,31-33H,24,30H2,1-3H3. The fourth-order valence-electron chi connectivity index (χ4n) is 6.38. The first-order chi connectivity index (χ1) is 23.5. The third kappa shape index (κ3) is 6.67. The van der Waals surface area contributed by atoms with Crippen LogP contribution in [0, 0.1) is 13.8 Å². The predicted molar refractivity (Wildman–Crippen MR) is 205 cm³/mol. The maximum atomic E-state index is 2.45. The Morgan fingerprint density at radius 2 is 0.688 bits per heavy atom. The van der Waals surface area contributed by atoms with E-state index in [2.05, 4.69) is 205 Å². The molecule has 236 valence electrons. The van der Waals surface area contributed by atoms with Crippen LogP contribution in [0.5, 0.6) is 0 Å². The molecular formula is C45H41N3. The molecule has 0 fully saturated rings. The zero-order valence-corrected chi connectivity index (χ0v) is 27.9. The SMILES string of the molecule is CC1=CC=C(N(c2ccc(C)cc2)c2cc(N(c3ccccc3)c3ccccc3)cc(N(c3ccccc3)c3ccc(C)cc3)c2)CC1. The summed E-state index contributed by atoms with van der Waals surface area (Å²) in [6, 6.07) is 56.7. The van der Waals surface area contributed by atoms with Gasteiger partial charge in [0.15, 0.2) is 0 Å². The van der Waals surface area contributed by atoms with Crippen LogP contribution in [0.15, 0.2) is 181 Å². The number of hydrogen-bond donors (Lipinski definition) is 0. The topological polar surface area (TPSA) is 9.72 Å². The summed E-state index contributed by atoms with van der Waals surface area (Å²) in [6.45, 7) is 6.51. The molecule has 0 saturated carbocycles. The minimum atomic E-state index is 0.969. The van der Waals surface area contributed by atoms with E-state index < -0.39 is 0 Å². The van der Waals surface area contributed by atoms with Crippen molar-refractivity contribution >= 4 is 45.5 Å². The highest BCUT2D eigenvalue weighted by Gasteiger charge is 2.23. The van der Waals surface area contributed by atoms with E-state index in [1.807, 2.05) is 0 Å². The lowest BCUT2D eigenvalue weighted by atomic mass is 10.0. The average molecular weight is 624 g/mol. The first-order valence-electron chi connectivity index (χ1n) is 16.7. The van der Waals surface area contributed by atoms with E-state index in [1.165, 1.54) is 22.4 Å². The van der Waals surface area contributed by atoms with Crippen LogP contribution in [0.25, 0.3) is 0 Å². The van der Waals surface area contributed by atoms with Gasteiger partial charge in [-0.15, -0.1) is 0 Å². The van der Waals surface area contributed by atoms with E-state index in [-0.39, 0.29) is 0 Å². The lowest BCUT2D eigenvalue weighted by Gasteiger charge is -2.34. The molecule has 0 unspecified atom stereocenters. The lowest BCUT2D eigenvalue weighted by Crippen LogP contribution is -2.20. The second-order valence-electron chi connectivity index (χ2n) is 12.6. The Kier molecular flexibility index (Phi) is 8.93. The Balaban J connectivity index is 1.52. The normalized spacial score (nSPS) is 12.6. The number of para-hydroxylation sites is 3. The summed E-state index contributed by atoms with van der Waals surface area (Å²) in [5, 5.41) is 0. The third-order valence-corrected chi connectivity index (χ3v) is 8.91. The second kappa shape index (κ2) is 13.9. The van der Waals surface area contributed by atoms with Gasteiger partial charge in [-0.1, -0.05) is 102 Å². The molecular weight excluding hydrogens is 583 g/mol. The molecule has 0 aromatic heterocycles. The molecule has 6 aromatic rings. The molecule has 0 atom stereocenters. The number of anilines is 8. The van der Waals surface area contributed by atoms with Crippen molar-refractivity contribution in [3.63, 3.8) is 0 Å². The van der Waals surface area contributed by atoms with Gasteiger partial charge in [-0.3, -0.25) is 0 Å². The second-order valence-corrected chi connectivity index (χ2v) is 12.6. The maximum absolute atomic E-state index is 2.45. The first kappa shape index (κ1) is 30.8. The van der Waals surface area contributed by atoms with Crippen molar-refractivity contribution in [1.29, 1.82) is 0 Å². The fraction of sp³-hybridized carbons (Fsp3) is 0.111.